The number of benzene rings is 2. The van der Waals surface area contributed by atoms with Crippen LogP contribution in [0.5, 0.6) is 0 Å². The summed E-state index contributed by atoms with van der Waals surface area (Å²) in [7, 11) is -3.82. The molecule has 8 nitrogen and oxygen atoms in total. The lowest BCUT2D eigenvalue weighted by Crippen LogP contribution is -2.52. The van der Waals surface area contributed by atoms with Gasteiger partial charge in [-0.15, -0.1) is 0 Å². The summed E-state index contributed by atoms with van der Waals surface area (Å²) in [4.78, 5) is 25.2. The van der Waals surface area contributed by atoms with Crippen molar-refractivity contribution in [2.75, 3.05) is 4.72 Å². The number of hydrogen-bond donors (Lipinski definition) is 2. The van der Waals surface area contributed by atoms with Crippen LogP contribution in [0.1, 0.15) is 49.4 Å². The molecule has 2 aromatic carbocycles. The quantitative estimate of drug-likeness (QED) is 0.617. The van der Waals surface area contributed by atoms with Gasteiger partial charge in [0.05, 0.1) is 16.5 Å². The van der Waals surface area contributed by atoms with E-state index in [1.54, 1.807) is 18.2 Å². The zero-order chi connectivity index (χ0) is 23.2. The van der Waals surface area contributed by atoms with Crippen molar-refractivity contribution in [3.8, 4) is 6.07 Å². The molecule has 1 aliphatic rings. The van der Waals surface area contributed by atoms with Crippen molar-refractivity contribution in [2.45, 2.75) is 55.6 Å². The number of carbonyl (C=O) groups excluding carboxylic acids is 2. The summed E-state index contributed by atoms with van der Waals surface area (Å²) in [5, 5.41) is 12.2. The lowest BCUT2D eigenvalue weighted by atomic mass is 9.83. The fraction of sp³-hybridized carbons (Fsp3) is 0.348. The highest BCUT2D eigenvalue weighted by Gasteiger charge is 2.35. The minimum atomic E-state index is -3.82. The number of hydrogen-bond acceptors (Lipinski definition) is 6. The Hall–Kier alpha value is -3.38. The molecule has 2 N–H and O–H groups in total. The van der Waals surface area contributed by atoms with Crippen LogP contribution in [0.25, 0.3) is 0 Å². The van der Waals surface area contributed by atoms with Crippen LogP contribution in [0.4, 0.5) is 5.69 Å². The van der Waals surface area contributed by atoms with E-state index in [2.05, 4.69) is 16.1 Å². The van der Waals surface area contributed by atoms with Crippen molar-refractivity contribution in [3.05, 3.63) is 60.2 Å². The first-order valence-corrected chi connectivity index (χ1v) is 11.9. The highest BCUT2D eigenvalue weighted by Crippen LogP contribution is 2.27. The predicted octanol–water partition coefficient (Wildman–Crippen LogP) is 3.38. The van der Waals surface area contributed by atoms with Crippen LogP contribution >= 0.6 is 0 Å². The van der Waals surface area contributed by atoms with E-state index in [1.807, 2.05) is 0 Å². The number of anilines is 1. The molecule has 1 unspecified atom stereocenters. The number of sulfonamides is 1. The second-order valence-electron chi connectivity index (χ2n) is 7.79. The average molecular weight is 456 g/mol. The number of nitrogens with one attached hydrogen (secondary N) is 2. The van der Waals surface area contributed by atoms with Crippen molar-refractivity contribution >= 4 is 27.6 Å². The monoisotopic (exact) mass is 455 g/mol. The van der Waals surface area contributed by atoms with Crippen molar-refractivity contribution in [3.63, 3.8) is 0 Å². The van der Waals surface area contributed by atoms with E-state index < -0.39 is 33.5 Å². The lowest BCUT2D eigenvalue weighted by Gasteiger charge is -2.32. The van der Waals surface area contributed by atoms with Gasteiger partial charge in [-0.05, 0) is 50.1 Å². The lowest BCUT2D eigenvalue weighted by molar-refractivity contribution is -0.130. The molecule has 0 aliphatic heterocycles. The minimum Gasteiger partial charge on any atom is -0.449 e. The third-order valence-corrected chi connectivity index (χ3v) is 6.74. The number of ether oxygens (including phenoxy) is 1. The number of nitriles is 1. The van der Waals surface area contributed by atoms with Crippen molar-refractivity contribution < 1.29 is 22.7 Å². The van der Waals surface area contributed by atoms with Gasteiger partial charge in [-0.2, -0.15) is 5.26 Å². The number of amides is 1. The Balaban J connectivity index is 1.65. The molecule has 1 fully saturated rings. The zero-order valence-electron chi connectivity index (χ0n) is 17.7. The fourth-order valence-corrected chi connectivity index (χ4v) is 4.63. The van der Waals surface area contributed by atoms with Crippen LogP contribution in [0.3, 0.4) is 0 Å². The molecule has 3 rings (SSSR count). The molecule has 9 heteroatoms. The van der Waals surface area contributed by atoms with Crippen molar-refractivity contribution in [2.24, 2.45) is 0 Å². The number of esters is 1. The molecule has 0 saturated heterocycles. The van der Waals surface area contributed by atoms with E-state index >= 15 is 0 Å². The van der Waals surface area contributed by atoms with Gasteiger partial charge in [0, 0.05) is 5.69 Å². The minimum absolute atomic E-state index is 0.0885. The Morgan fingerprint density at radius 3 is 2.41 bits per heavy atom. The van der Waals surface area contributed by atoms with Gasteiger partial charge in [0.2, 0.25) is 0 Å². The maximum Gasteiger partial charge on any atom is 0.338 e. The fourth-order valence-electron chi connectivity index (χ4n) is 3.56. The molecule has 1 saturated carbocycles. The third kappa shape index (κ3) is 5.65. The summed E-state index contributed by atoms with van der Waals surface area (Å²) >= 11 is 0. The molecule has 0 bridgehead atoms. The molecule has 32 heavy (non-hydrogen) atoms. The summed E-state index contributed by atoms with van der Waals surface area (Å²) in [5.41, 5.74) is -0.650. The van der Waals surface area contributed by atoms with E-state index in [1.165, 1.54) is 43.3 Å². The second kappa shape index (κ2) is 9.83. The van der Waals surface area contributed by atoms with Crippen LogP contribution in [0, 0.1) is 11.3 Å². The standard InChI is InChI=1S/C23H25N3O5S/c1-17(21(27)25-23(16-24)13-6-3-7-14-23)31-22(28)18-9-8-10-19(15-18)26-32(29,30)20-11-4-2-5-12-20/h2,4-5,8-12,15,17,26H,3,6-7,13-14H2,1H3,(H,25,27). The Kier molecular flexibility index (Phi) is 7.15. The molecule has 168 valence electrons. The smallest absolute Gasteiger partial charge is 0.338 e. The normalized spacial score (nSPS) is 16.2. The molecule has 1 atom stereocenters. The van der Waals surface area contributed by atoms with E-state index in [9.17, 15) is 23.3 Å². The Labute approximate surface area is 187 Å². The van der Waals surface area contributed by atoms with E-state index in [0.717, 1.165) is 19.3 Å². The summed E-state index contributed by atoms with van der Waals surface area (Å²) in [6.07, 6.45) is 2.76. The number of rotatable bonds is 7. The number of nitrogens with zero attached hydrogens (tertiary/aromatic N) is 1. The summed E-state index contributed by atoms with van der Waals surface area (Å²) < 4.78 is 32.7. The Morgan fingerprint density at radius 1 is 1.06 bits per heavy atom. The predicted molar refractivity (Wildman–Crippen MR) is 118 cm³/mol. The molecule has 0 radical (unpaired) electrons. The first-order valence-electron chi connectivity index (χ1n) is 10.4. The van der Waals surface area contributed by atoms with Gasteiger partial charge in [0.1, 0.15) is 5.54 Å². The van der Waals surface area contributed by atoms with Crippen molar-refractivity contribution in [1.29, 1.82) is 5.26 Å². The molecule has 2 aromatic rings. The zero-order valence-corrected chi connectivity index (χ0v) is 18.5. The van der Waals surface area contributed by atoms with Gasteiger partial charge in [0.25, 0.3) is 15.9 Å². The topological polar surface area (TPSA) is 125 Å². The second-order valence-corrected chi connectivity index (χ2v) is 9.47. The first-order chi connectivity index (χ1) is 15.2. The SMILES string of the molecule is CC(OC(=O)c1cccc(NS(=O)(=O)c2ccccc2)c1)C(=O)NC1(C#N)CCCCC1. The van der Waals surface area contributed by atoms with Crippen LogP contribution in [0.2, 0.25) is 0 Å². The van der Waals surface area contributed by atoms with Crippen LogP contribution < -0.4 is 10.0 Å². The molecule has 0 spiro atoms. The molecule has 1 aliphatic carbocycles. The van der Waals surface area contributed by atoms with Crippen LogP contribution in [0.15, 0.2) is 59.5 Å². The summed E-state index contributed by atoms with van der Waals surface area (Å²) in [6.45, 7) is 1.43. The highest BCUT2D eigenvalue weighted by molar-refractivity contribution is 7.92. The van der Waals surface area contributed by atoms with Gasteiger partial charge in [0.15, 0.2) is 6.10 Å². The van der Waals surface area contributed by atoms with E-state index in [0.29, 0.717) is 12.8 Å². The van der Waals surface area contributed by atoms with Crippen LogP contribution in [-0.4, -0.2) is 31.9 Å². The van der Waals surface area contributed by atoms with Crippen molar-refractivity contribution in [1.82, 2.24) is 5.32 Å². The molecule has 0 heterocycles. The van der Waals surface area contributed by atoms with Gasteiger partial charge >= 0.3 is 5.97 Å². The molecule has 1 amide bonds. The van der Waals surface area contributed by atoms with E-state index in [4.69, 9.17) is 4.74 Å². The third-order valence-electron chi connectivity index (χ3n) is 5.34. The summed E-state index contributed by atoms with van der Waals surface area (Å²) in [6, 6.07) is 15.9. The Bertz CT molecular complexity index is 1120. The maximum absolute atomic E-state index is 12.5. The first kappa shape index (κ1) is 23.3. The largest absolute Gasteiger partial charge is 0.449 e. The van der Waals surface area contributed by atoms with E-state index in [-0.39, 0.29) is 16.1 Å². The highest BCUT2D eigenvalue weighted by atomic mass is 32.2. The van der Waals surface area contributed by atoms with Gasteiger partial charge in [-0.3, -0.25) is 9.52 Å². The average Bonchev–Trinajstić information content (AvgIpc) is 2.80. The van der Waals surface area contributed by atoms with Gasteiger partial charge in [-0.25, -0.2) is 13.2 Å². The summed E-state index contributed by atoms with van der Waals surface area (Å²) in [5.74, 6) is -1.31. The molecule has 0 aromatic heterocycles. The Morgan fingerprint density at radius 2 is 1.75 bits per heavy atom. The molecular weight excluding hydrogens is 430 g/mol. The van der Waals surface area contributed by atoms with Gasteiger partial charge < -0.3 is 10.1 Å². The number of carbonyl (C=O) groups is 2. The van der Waals surface area contributed by atoms with Crippen LogP contribution in [-0.2, 0) is 19.6 Å². The molecular formula is C23H25N3O5S. The maximum atomic E-state index is 12.5. The van der Waals surface area contributed by atoms with Gasteiger partial charge in [-0.1, -0.05) is 43.5 Å².